The summed E-state index contributed by atoms with van der Waals surface area (Å²) in [6.07, 6.45) is 5.65. The van der Waals surface area contributed by atoms with Crippen LogP contribution >= 0.6 is 0 Å². The third-order valence-corrected chi connectivity index (χ3v) is 5.46. The molecule has 0 aromatic heterocycles. The molecule has 0 fully saturated rings. The quantitative estimate of drug-likeness (QED) is 0.790. The second-order valence-corrected chi connectivity index (χ2v) is 7.25. The fraction of sp³-hybridized carbons (Fsp3) is 0.333. The van der Waals surface area contributed by atoms with E-state index in [4.69, 9.17) is 0 Å². The van der Waals surface area contributed by atoms with Gasteiger partial charge in [-0.3, -0.25) is 0 Å². The van der Waals surface area contributed by atoms with Crippen LogP contribution in [0.3, 0.4) is 0 Å². The molecule has 94 valence electrons. The minimum atomic E-state index is -3.50. The maximum Gasteiger partial charge on any atom is 0.287 e. The van der Waals surface area contributed by atoms with Crippen molar-refractivity contribution in [1.82, 2.24) is 0 Å². The van der Waals surface area contributed by atoms with E-state index in [1.54, 1.807) is 24.3 Å². The Hall–Kier alpha value is -0.940. The molecule has 1 aromatic rings. The van der Waals surface area contributed by atoms with Crippen molar-refractivity contribution >= 4 is 20.7 Å². The molecule has 1 aromatic carbocycles. The number of hydrogen-bond donors (Lipinski definition) is 0. The lowest BCUT2D eigenvalue weighted by Gasteiger charge is -2.01. The van der Waals surface area contributed by atoms with Crippen LogP contribution in [0.2, 0.25) is 0 Å². The third-order valence-electron chi connectivity index (χ3n) is 2.12. The van der Waals surface area contributed by atoms with Gasteiger partial charge in [0.2, 0.25) is 0 Å². The molecule has 3 nitrogen and oxygen atoms in total. The first-order valence-corrected chi connectivity index (χ1v) is 8.44. The first-order valence-electron chi connectivity index (χ1n) is 5.24. The van der Waals surface area contributed by atoms with E-state index in [9.17, 15) is 8.42 Å². The highest BCUT2D eigenvalue weighted by atomic mass is 32.3. The predicted molar refractivity (Wildman–Crippen MR) is 73.8 cm³/mol. The van der Waals surface area contributed by atoms with Gasteiger partial charge < -0.3 is 0 Å². The molecular weight excluding hydrogens is 254 g/mol. The predicted octanol–water partition coefficient (Wildman–Crippen LogP) is 2.69. The van der Waals surface area contributed by atoms with Crippen LogP contribution in [0.25, 0.3) is 0 Å². The van der Waals surface area contributed by atoms with Gasteiger partial charge in [-0.15, -0.1) is 3.77 Å². The van der Waals surface area contributed by atoms with Crippen LogP contribution in [0.15, 0.2) is 45.1 Å². The molecule has 0 heterocycles. The Morgan fingerprint density at radius 2 is 1.88 bits per heavy atom. The smallest absolute Gasteiger partial charge is 0.199 e. The average Bonchev–Trinajstić information content (AvgIpc) is 2.26. The number of rotatable bonds is 4. The summed E-state index contributed by atoms with van der Waals surface area (Å²) in [5.41, 5.74) is 1.04. The molecule has 0 aliphatic carbocycles. The topological polar surface area (TPSA) is 46.5 Å². The maximum absolute atomic E-state index is 11.9. The van der Waals surface area contributed by atoms with E-state index in [0.29, 0.717) is 5.75 Å². The molecule has 1 unspecified atom stereocenters. The van der Waals surface area contributed by atoms with Gasteiger partial charge in [0.1, 0.15) is 0 Å². The molecular formula is C12H17NO2S2. The Labute approximate surface area is 106 Å². The summed E-state index contributed by atoms with van der Waals surface area (Å²) in [4.78, 5) is 0.267. The number of aryl methyl sites for hydroxylation is 1. The molecule has 0 aliphatic heterocycles. The van der Waals surface area contributed by atoms with Gasteiger partial charge in [-0.05, 0) is 32.2 Å². The summed E-state index contributed by atoms with van der Waals surface area (Å²) in [6.45, 7) is 3.83. The lowest BCUT2D eigenvalue weighted by molar-refractivity contribution is 0.598. The zero-order chi connectivity index (χ0) is 12.9. The van der Waals surface area contributed by atoms with E-state index in [-0.39, 0.29) is 4.90 Å². The van der Waals surface area contributed by atoms with Crippen molar-refractivity contribution < 1.29 is 8.42 Å². The van der Waals surface area contributed by atoms with E-state index >= 15 is 0 Å². The van der Waals surface area contributed by atoms with Crippen molar-refractivity contribution in [2.75, 3.05) is 12.0 Å². The summed E-state index contributed by atoms with van der Waals surface area (Å²) in [5.74, 6) is 0.668. The van der Waals surface area contributed by atoms with Crippen molar-refractivity contribution in [3.63, 3.8) is 0 Å². The highest BCUT2D eigenvalue weighted by Crippen LogP contribution is 2.13. The Balaban J connectivity index is 3.00. The van der Waals surface area contributed by atoms with Gasteiger partial charge >= 0.3 is 0 Å². The zero-order valence-corrected chi connectivity index (χ0v) is 11.9. The van der Waals surface area contributed by atoms with Crippen LogP contribution in [0.4, 0.5) is 0 Å². The molecule has 0 spiro atoms. The van der Waals surface area contributed by atoms with Crippen molar-refractivity contribution in [3.8, 4) is 0 Å². The molecule has 0 bridgehead atoms. The monoisotopic (exact) mass is 271 g/mol. The number of sulfonamides is 1. The summed E-state index contributed by atoms with van der Waals surface area (Å²) in [5, 5.41) is 0. The summed E-state index contributed by atoms with van der Waals surface area (Å²) < 4.78 is 27.8. The lowest BCUT2D eigenvalue weighted by Crippen LogP contribution is -2.01. The van der Waals surface area contributed by atoms with Gasteiger partial charge in [-0.25, -0.2) is 0 Å². The highest BCUT2D eigenvalue weighted by molar-refractivity contribution is 7.99. The lowest BCUT2D eigenvalue weighted by atomic mass is 10.2. The minimum Gasteiger partial charge on any atom is -0.199 e. The maximum atomic E-state index is 11.9. The van der Waals surface area contributed by atoms with Crippen molar-refractivity contribution in [2.24, 2.45) is 3.77 Å². The Morgan fingerprint density at radius 1 is 1.29 bits per heavy atom. The van der Waals surface area contributed by atoms with E-state index in [1.807, 2.05) is 32.3 Å². The summed E-state index contributed by atoms with van der Waals surface area (Å²) in [6, 6.07) is 6.76. The molecule has 0 N–H and O–H groups in total. The van der Waals surface area contributed by atoms with Gasteiger partial charge in [-0.1, -0.05) is 40.5 Å². The molecule has 0 saturated heterocycles. The molecule has 17 heavy (non-hydrogen) atoms. The van der Waals surface area contributed by atoms with Gasteiger partial charge in [0.15, 0.2) is 0 Å². The van der Waals surface area contributed by atoms with Gasteiger partial charge in [0, 0.05) is 5.75 Å². The van der Waals surface area contributed by atoms with Crippen LogP contribution in [0, 0.1) is 6.92 Å². The van der Waals surface area contributed by atoms with Crippen LogP contribution in [0.5, 0.6) is 0 Å². The fourth-order valence-corrected chi connectivity index (χ4v) is 4.07. The van der Waals surface area contributed by atoms with Gasteiger partial charge in [0.25, 0.3) is 10.0 Å². The summed E-state index contributed by atoms with van der Waals surface area (Å²) >= 11 is 0. The van der Waals surface area contributed by atoms with Crippen LogP contribution in [-0.2, 0) is 20.7 Å². The first kappa shape index (κ1) is 14.1. The van der Waals surface area contributed by atoms with E-state index < -0.39 is 20.7 Å². The number of nitrogens with zero attached hydrogens (tertiary/aromatic N) is 1. The third kappa shape index (κ3) is 4.44. The Kier molecular flexibility index (Phi) is 5.08. The SMILES string of the molecule is C/C=C/C/S(C)=N/S(=O)(=O)c1ccc(C)cc1. The number of hydrogen-bond acceptors (Lipinski definition) is 2. The van der Waals surface area contributed by atoms with E-state index in [2.05, 4.69) is 3.77 Å². The van der Waals surface area contributed by atoms with Crippen LogP contribution < -0.4 is 0 Å². The number of benzene rings is 1. The standard InChI is InChI=1S/C12H17NO2S2/c1-4-5-10-16(3)13-17(14,15)12-8-6-11(2)7-9-12/h4-9H,10H2,1-3H3/b5-4+. The summed E-state index contributed by atoms with van der Waals surface area (Å²) in [7, 11) is -4.00. The molecule has 0 aliphatic rings. The second kappa shape index (κ2) is 6.12. The average molecular weight is 271 g/mol. The fourth-order valence-electron chi connectivity index (χ4n) is 1.19. The molecule has 0 radical (unpaired) electrons. The molecule has 0 saturated carbocycles. The molecule has 0 amide bonds. The van der Waals surface area contributed by atoms with Crippen LogP contribution in [-0.4, -0.2) is 20.4 Å². The minimum absolute atomic E-state index is 0.267. The first-order chi connectivity index (χ1) is 7.95. The van der Waals surface area contributed by atoms with Gasteiger partial charge in [0.05, 0.1) is 4.90 Å². The molecule has 1 rings (SSSR count). The van der Waals surface area contributed by atoms with Crippen molar-refractivity contribution in [2.45, 2.75) is 18.7 Å². The normalized spacial score (nSPS) is 14.3. The zero-order valence-electron chi connectivity index (χ0n) is 10.3. The Bertz CT molecular complexity index is 528. The van der Waals surface area contributed by atoms with E-state index in [0.717, 1.165) is 5.56 Å². The van der Waals surface area contributed by atoms with Crippen LogP contribution in [0.1, 0.15) is 12.5 Å². The Morgan fingerprint density at radius 3 is 2.41 bits per heavy atom. The molecule has 1 atom stereocenters. The largest absolute Gasteiger partial charge is 0.287 e. The van der Waals surface area contributed by atoms with Crippen molar-refractivity contribution in [1.29, 1.82) is 0 Å². The van der Waals surface area contributed by atoms with Gasteiger partial charge in [-0.2, -0.15) is 8.42 Å². The molecule has 5 heteroatoms. The van der Waals surface area contributed by atoms with E-state index in [1.165, 1.54) is 0 Å². The number of allylic oxidation sites excluding steroid dienone is 1. The highest BCUT2D eigenvalue weighted by Gasteiger charge is 2.11. The van der Waals surface area contributed by atoms with Crippen molar-refractivity contribution in [3.05, 3.63) is 42.0 Å². The second-order valence-electron chi connectivity index (χ2n) is 3.70.